The van der Waals surface area contributed by atoms with E-state index in [2.05, 4.69) is 50.9 Å². The Kier molecular flexibility index (Phi) is 4.79. The lowest BCUT2D eigenvalue weighted by Gasteiger charge is -2.09. The highest BCUT2D eigenvalue weighted by Crippen LogP contribution is 2.18. The second-order valence-electron chi connectivity index (χ2n) is 5.27. The van der Waals surface area contributed by atoms with Gasteiger partial charge >= 0.3 is 0 Å². The zero-order valence-electron chi connectivity index (χ0n) is 13.0. The molecule has 0 saturated carbocycles. The summed E-state index contributed by atoms with van der Waals surface area (Å²) in [6.45, 7) is 2.81. The molecule has 2 aromatic carbocycles. The monoisotopic (exact) mass is 305 g/mol. The van der Waals surface area contributed by atoms with Crippen molar-refractivity contribution in [2.24, 2.45) is 0 Å². The molecule has 23 heavy (non-hydrogen) atoms. The quantitative estimate of drug-likeness (QED) is 0.729. The maximum absolute atomic E-state index is 4.44. The van der Waals surface area contributed by atoms with Gasteiger partial charge in [0.25, 0.3) is 0 Å². The van der Waals surface area contributed by atoms with Gasteiger partial charge < -0.3 is 10.6 Å². The van der Waals surface area contributed by atoms with E-state index in [0.29, 0.717) is 11.8 Å². The van der Waals surface area contributed by atoms with Gasteiger partial charge in [0.05, 0.1) is 6.20 Å². The SMILES string of the molecule is Cc1ccccc1Nc1cnnc(NCCc2ccccc2)n1. The Morgan fingerprint density at radius 2 is 1.74 bits per heavy atom. The fourth-order valence-electron chi connectivity index (χ4n) is 2.25. The van der Waals surface area contributed by atoms with Crippen molar-refractivity contribution < 1.29 is 0 Å². The van der Waals surface area contributed by atoms with E-state index in [1.54, 1.807) is 6.20 Å². The van der Waals surface area contributed by atoms with E-state index in [1.165, 1.54) is 5.56 Å². The van der Waals surface area contributed by atoms with Gasteiger partial charge in [-0.1, -0.05) is 48.5 Å². The number of aryl methyl sites for hydroxylation is 1. The molecule has 0 spiro atoms. The molecule has 0 aliphatic rings. The van der Waals surface area contributed by atoms with E-state index in [1.807, 2.05) is 36.4 Å². The Morgan fingerprint density at radius 3 is 2.57 bits per heavy atom. The molecule has 116 valence electrons. The third-order valence-electron chi connectivity index (χ3n) is 3.51. The van der Waals surface area contributed by atoms with Gasteiger partial charge in [-0.25, -0.2) is 0 Å². The van der Waals surface area contributed by atoms with Crippen molar-refractivity contribution in [2.45, 2.75) is 13.3 Å². The van der Waals surface area contributed by atoms with Crippen LogP contribution in [0.4, 0.5) is 17.5 Å². The van der Waals surface area contributed by atoms with Crippen molar-refractivity contribution in [1.82, 2.24) is 15.2 Å². The zero-order valence-corrected chi connectivity index (χ0v) is 13.0. The summed E-state index contributed by atoms with van der Waals surface area (Å²) in [5.74, 6) is 1.20. The number of para-hydroxylation sites is 1. The highest BCUT2D eigenvalue weighted by molar-refractivity contribution is 5.59. The Balaban J connectivity index is 1.60. The van der Waals surface area contributed by atoms with Gasteiger partial charge in [-0.2, -0.15) is 10.1 Å². The number of nitrogens with one attached hydrogen (secondary N) is 2. The standard InChI is InChI=1S/C18H19N5/c1-14-7-5-6-10-16(14)21-17-13-20-23-18(22-17)19-12-11-15-8-3-2-4-9-15/h2-10,13H,11-12H2,1H3,(H2,19,21,22,23). The summed E-state index contributed by atoms with van der Waals surface area (Å²) in [5, 5.41) is 14.5. The second-order valence-corrected chi connectivity index (χ2v) is 5.27. The van der Waals surface area contributed by atoms with Crippen LogP contribution in [0.1, 0.15) is 11.1 Å². The summed E-state index contributed by atoms with van der Waals surface area (Å²) < 4.78 is 0. The summed E-state index contributed by atoms with van der Waals surface area (Å²) in [6.07, 6.45) is 2.54. The molecule has 0 saturated heterocycles. The lowest BCUT2D eigenvalue weighted by Crippen LogP contribution is -2.09. The molecule has 5 heteroatoms. The van der Waals surface area contributed by atoms with E-state index >= 15 is 0 Å². The van der Waals surface area contributed by atoms with Crippen LogP contribution in [0.5, 0.6) is 0 Å². The average Bonchev–Trinajstić information content (AvgIpc) is 2.58. The van der Waals surface area contributed by atoms with Gasteiger partial charge in [-0.3, -0.25) is 0 Å². The summed E-state index contributed by atoms with van der Waals surface area (Å²) in [7, 11) is 0. The van der Waals surface area contributed by atoms with Crippen LogP contribution in [0.2, 0.25) is 0 Å². The molecule has 5 nitrogen and oxygen atoms in total. The van der Waals surface area contributed by atoms with Crippen LogP contribution in [-0.4, -0.2) is 21.7 Å². The second kappa shape index (κ2) is 7.35. The largest absolute Gasteiger partial charge is 0.353 e. The number of hydrogen-bond donors (Lipinski definition) is 2. The number of anilines is 3. The minimum atomic E-state index is 0.527. The highest BCUT2D eigenvalue weighted by atomic mass is 15.3. The fourth-order valence-corrected chi connectivity index (χ4v) is 2.25. The molecule has 0 fully saturated rings. The molecule has 0 bridgehead atoms. The third kappa shape index (κ3) is 4.26. The van der Waals surface area contributed by atoms with Gasteiger partial charge in [-0.05, 0) is 30.5 Å². The first-order chi connectivity index (χ1) is 11.3. The molecule has 3 aromatic rings. The first-order valence-corrected chi connectivity index (χ1v) is 7.61. The highest BCUT2D eigenvalue weighted by Gasteiger charge is 2.02. The van der Waals surface area contributed by atoms with E-state index in [4.69, 9.17) is 0 Å². The van der Waals surface area contributed by atoms with Crippen LogP contribution < -0.4 is 10.6 Å². The minimum absolute atomic E-state index is 0.527. The van der Waals surface area contributed by atoms with Gasteiger partial charge in [0.2, 0.25) is 5.95 Å². The fraction of sp³-hybridized carbons (Fsp3) is 0.167. The average molecular weight is 305 g/mol. The number of nitrogens with zero attached hydrogens (tertiary/aromatic N) is 3. The van der Waals surface area contributed by atoms with Gasteiger partial charge in [0.15, 0.2) is 5.82 Å². The molecule has 0 aliphatic carbocycles. The molecule has 1 aromatic heterocycles. The van der Waals surface area contributed by atoms with Crippen molar-refractivity contribution in [3.05, 3.63) is 71.9 Å². The molecule has 1 heterocycles. The first-order valence-electron chi connectivity index (χ1n) is 7.61. The lowest BCUT2D eigenvalue weighted by molar-refractivity contribution is 0.929. The maximum atomic E-state index is 4.44. The molecule has 3 rings (SSSR count). The number of aromatic nitrogens is 3. The van der Waals surface area contributed by atoms with E-state index < -0.39 is 0 Å². The summed E-state index contributed by atoms with van der Waals surface area (Å²) in [4.78, 5) is 4.44. The summed E-state index contributed by atoms with van der Waals surface area (Å²) in [6, 6.07) is 18.4. The van der Waals surface area contributed by atoms with E-state index in [-0.39, 0.29) is 0 Å². The molecular weight excluding hydrogens is 286 g/mol. The van der Waals surface area contributed by atoms with Gasteiger partial charge in [0.1, 0.15) is 0 Å². The number of benzene rings is 2. The van der Waals surface area contributed by atoms with Crippen LogP contribution in [0.25, 0.3) is 0 Å². The van der Waals surface area contributed by atoms with Crippen molar-refractivity contribution in [1.29, 1.82) is 0 Å². The Hall–Kier alpha value is -2.95. The van der Waals surface area contributed by atoms with E-state index in [9.17, 15) is 0 Å². The molecule has 0 atom stereocenters. The molecule has 0 aliphatic heterocycles. The van der Waals surface area contributed by atoms with Gasteiger partial charge in [-0.15, -0.1) is 5.10 Å². The van der Waals surface area contributed by atoms with Crippen LogP contribution in [0.3, 0.4) is 0 Å². The Morgan fingerprint density at radius 1 is 0.957 bits per heavy atom. The normalized spacial score (nSPS) is 10.3. The van der Waals surface area contributed by atoms with Crippen LogP contribution in [-0.2, 0) is 6.42 Å². The van der Waals surface area contributed by atoms with E-state index in [0.717, 1.165) is 24.2 Å². The lowest BCUT2D eigenvalue weighted by atomic mass is 10.1. The predicted molar refractivity (Wildman–Crippen MR) is 92.9 cm³/mol. The molecule has 0 amide bonds. The van der Waals surface area contributed by atoms with Crippen LogP contribution in [0.15, 0.2) is 60.8 Å². The molecule has 0 unspecified atom stereocenters. The Bertz CT molecular complexity index is 758. The van der Waals surface area contributed by atoms with Crippen LogP contribution >= 0.6 is 0 Å². The molecule has 0 radical (unpaired) electrons. The Labute approximate surface area is 135 Å². The van der Waals surface area contributed by atoms with Crippen molar-refractivity contribution in [3.8, 4) is 0 Å². The number of rotatable bonds is 6. The molecular formula is C18H19N5. The summed E-state index contributed by atoms with van der Waals surface area (Å²) >= 11 is 0. The number of hydrogen-bond acceptors (Lipinski definition) is 5. The summed E-state index contributed by atoms with van der Waals surface area (Å²) in [5.41, 5.74) is 3.45. The zero-order chi connectivity index (χ0) is 15.9. The van der Waals surface area contributed by atoms with Crippen LogP contribution in [0, 0.1) is 6.92 Å². The van der Waals surface area contributed by atoms with Crippen molar-refractivity contribution >= 4 is 17.5 Å². The van der Waals surface area contributed by atoms with Crippen molar-refractivity contribution in [2.75, 3.05) is 17.2 Å². The maximum Gasteiger partial charge on any atom is 0.244 e. The smallest absolute Gasteiger partial charge is 0.244 e. The van der Waals surface area contributed by atoms with Crippen molar-refractivity contribution in [3.63, 3.8) is 0 Å². The predicted octanol–water partition coefficient (Wildman–Crippen LogP) is 3.58. The van der Waals surface area contributed by atoms with Gasteiger partial charge in [0, 0.05) is 12.2 Å². The topological polar surface area (TPSA) is 62.7 Å². The third-order valence-corrected chi connectivity index (χ3v) is 3.51. The first kappa shape index (κ1) is 15.0. The molecule has 2 N–H and O–H groups in total. The minimum Gasteiger partial charge on any atom is -0.353 e.